The number of aryl methyl sites for hydroxylation is 1. The van der Waals surface area contributed by atoms with Crippen LogP contribution < -0.4 is 4.74 Å². The van der Waals surface area contributed by atoms with Gasteiger partial charge in [-0.1, -0.05) is 58.4 Å². The van der Waals surface area contributed by atoms with Gasteiger partial charge in [0.2, 0.25) is 0 Å². The number of unbranched alkanes of at least 4 members (excludes halogenated alkanes) is 1. The van der Waals surface area contributed by atoms with E-state index >= 15 is 0 Å². The minimum absolute atomic E-state index is 0.145. The van der Waals surface area contributed by atoms with Gasteiger partial charge in [0, 0.05) is 5.39 Å². The quantitative estimate of drug-likeness (QED) is 0.511. The molecule has 0 radical (unpaired) electrons. The Kier molecular flexibility index (Phi) is 4.66. The zero-order valence-corrected chi connectivity index (χ0v) is 15.1. The summed E-state index contributed by atoms with van der Waals surface area (Å²) in [6.07, 6.45) is 5.04. The molecule has 0 N–H and O–H groups in total. The summed E-state index contributed by atoms with van der Waals surface area (Å²) in [7, 11) is 0. The lowest BCUT2D eigenvalue weighted by Gasteiger charge is -2.19. The number of hydrogen-bond donors (Lipinski definition) is 0. The van der Waals surface area contributed by atoms with Gasteiger partial charge in [0.05, 0.1) is 6.26 Å². The summed E-state index contributed by atoms with van der Waals surface area (Å²) in [6.45, 7) is 8.86. The summed E-state index contributed by atoms with van der Waals surface area (Å²) in [6, 6.07) is 14.6. The van der Waals surface area contributed by atoms with Gasteiger partial charge in [0.25, 0.3) is 0 Å². The zero-order valence-electron chi connectivity index (χ0n) is 15.1. The Hall–Kier alpha value is -2.22. The topological polar surface area (TPSA) is 22.4 Å². The maximum absolute atomic E-state index is 6.25. The van der Waals surface area contributed by atoms with Gasteiger partial charge in [-0.3, -0.25) is 0 Å². The highest BCUT2D eigenvalue weighted by Gasteiger charge is 2.15. The van der Waals surface area contributed by atoms with Gasteiger partial charge in [-0.25, -0.2) is 0 Å². The predicted octanol–water partition coefficient (Wildman–Crippen LogP) is 6.87. The van der Waals surface area contributed by atoms with Gasteiger partial charge in [-0.2, -0.15) is 0 Å². The summed E-state index contributed by atoms with van der Waals surface area (Å²) in [5.41, 5.74) is 3.49. The van der Waals surface area contributed by atoms with Crippen LogP contribution in [-0.2, 0) is 11.8 Å². The largest absolute Gasteiger partial charge is 0.460 e. The van der Waals surface area contributed by atoms with Gasteiger partial charge in [0.15, 0.2) is 11.3 Å². The fourth-order valence-electron chi connectivity index (χ4n) is 2.86. The smallest absolute Gasteiger partial charge is 0.176 e. The highest BCUT2D eigenvalue weighted by Crippen LogP contribution is 2.36. The molecule has 0 amide bonds. The van der Waals surface area contributed by atoms with E-state index in [9.17, 15) is 0 Å². The summed E-state index contributed by atoms with van der Waals surface area (Å²) < 4.78 is 11.9. The van der Waals surface area contributed by atoms with Crippen LogP contribution in [0.4, 0.5) is 0 Å². The highest BCUT2D eigenvalue weighted by atomic mass is 16.5. The van der Waals surface area contributed by atoms with Crippen molar-refractivity contribution in [3.05, 3.63) is 59.9 Å². The van der Waals surface area contributed by atoms with Crippen molar-refractivity contribution in [1.82, 2.24) is 0 Å². The molecule has 1 heterocycles. The number of ether oxygens (including phenoxy) is 1. The molecule has 2 heteroatoms. The second kappa shape index (κ2) is 6.72. The first-order chi connectivity index (χ1) is 11.5. The average molecular weight is 322 g/mol. The van der Waals surface area contributed by atoms with E-state index in [2.05, 4.69) is 52.0 Å². The SMILES string of the molecule is CCCCc1ccc2ccoc2c1Oc1ccc(C(C)(C)C)cc1. The number of fused-ring (bicyclic) bond motifs is 1. The van der Waals surface area contributed by atoms with Crippen LogP contribution >= 0.6 is 0 Å². The lowest BCUT2D eigenvalue weighted by Crippen LogP contribution is -2.10. The highest BCUT2D eigenvalue weighted by molar-refractivity contribution is 5.84. The van der Waals surface area contributed by atoms with Gasteiger partial charge in [-0.15, -0.1) is 0 Å². The molecule has 3 aromatic rings. The van der Waals surface area contributed by atoms with Crippen molar-refractivity contribution in [3.63, 3.8) is 0 Å². The van der Waals surface area contributed by atoms with Crippen molar-refractivity contribution in [2.24, 2.45) is 0 Å². The van der Waals surface area contributed by atoms with E-state index < -0.39 is 0 Å². The molecule has 0 saturated carbocycles. The normalized spacial score (nSPS) is 11.8. The Morgan fingerprint density at radius 1 is 0.958 bits per heavy atom. The van der Waals surface area contributed by atoms with E-state index in [1.54, 1.807) is 6.26 Å². The van der Waals surface area contributed by atoms with Crippen LogP contribution in [0.5, 0.6) is 11.5 Å². The monoisotopic (exact) mass is 322 g/mol. The van der Waals surface area contributed by atoms with Gasteiger partial charge in [0.1, 0.15) is 5.75 Å². The first kappa shape index (κ1) is 16.6. The Bertz CT molecular complexity index is 804. The molecule has 2 aromatic carbocycles. The maximum Gasteiger partial charge on any atom is 0.176 e. The van der Waals surface area contributed by atoms with Crippen LogP contribution in [0.1, 0.15) is 51.7 Å². The molecule has 126 valence electrons. The van der Waals surface area contributed by atoms with Crippen molar-refractivity contribution in [1.29, 1.82) is 0 Å². The molecule has 0 saturated heterocycles. The third-order valence-electron chi connectivity index (χ3n) is 4.40. The first-order valence-electron chi connectivity index (χ1n) is 8.76. The predicted molar refractivity (Wildman–Crippen MR) is 100 cm³/mol. The van der Waals surface area contributed by atoms with E-state index in [0.29, 0.717) is 0 Å². The lowest BCUT2D eigenvalue weighted by atomic mass is 9.87. The molecule has 0 atom stereocenters. The van der Waals surface area contributed by atoms with E-state index in [4.69, 9.17) is 9.15 Å². The number of benzene rings is 2. The van der Waals surface area contributed by atoms with Crippen molar-refractivity contribution in [2.75, 3.05) is 0 Å². The number of rotatable bonds is 5. The lowest BCUT2D eigenvalue weighted by molar-refractivity contribution is 0.465. The molecule has 0 spiro atoms. The van der Waals surface area contributed by atoms with Crippen LogP contribution in [0.3, 0.4) is 0 Å². The van der Waals surface area contributed by atoms with E-state index in [-0.39, 0.29) is 5.41 Å². The Labute approximate surface area is 144 Å². The molecular formula is C22H26O2. The molecule has 0 aliphatic carbocycles. The van der Waals surface area contributed by atoms with Crippen molar-refractivity contribution in [3.8, 4) is 11.5 Å². The second-order valence-electron chi connectivity index (χ2n) is 7.37. The summed E-state index contributed by atoms with van der Waals surface area (Å²) >= 11 is 0. The summed E-state index contributed by atoms with van der Waals surface area (Å²) in [5, 5.41) is 1.08. The Morgan fingerprint density at radius 2 is 1.71 bits per heavy atom. The first-order valence-corrected chi connectivity index (χ1v) is 8.76. The molecule has 3 rings (SSSR count). The third-order valence-corrected chi connectivity index (χ3v) is 4.40. The molecular weight excluding hydrogens is 296 g/mol. The van der Waals surface area contributed by atoms with Gasteiger partial charge >= 0.3 is 0 Å². The molecule has 0 aliphatic heterocycles. The van der Waals surface area contributed by atoms with Crippen LogP contribution in [-0.4, -0.2) is 0 Å². The molecule has 2 nitrogen and oxygen atoms in total. The van der Waals surface area contributed by atoms with E-state index in [1.807, 2.05) is 18.2 Å². The number of furan rings is 1. The minimum atomic E-state index is 0.145. The molecule has 24 heavy (non-hydrogen) atoms. The Morgan fingerprint density at radius 3 is 2.38 bits per heavy atom. The molecule has 0 bridgehead atoms. The standard InChI is InChI=1S/C22H26O2/c1-5-6-7-16-8-9-17-14-15-23-20(17)21(16)24-19-12-10-18(11-13-19)22(2,3)4/h8-15H,5-7H2,1-4H3. The maximum atomic E-state index is 6.25. The molecule has 1 aromatic heterocycles. The number of hydrogen-bond acceptors (Lipinski definition) is 2. The Balaban J connectivity index is 1.94. The van der Waals surface area contributed by atoms with Crippen molar-refractivity contribution < 1.29 is 9.15 Å². The molecule has 0 aliphatic rings. The summed E-state index contributed by atoms with van der Waals surface area (Å²) in [4.78, 5) is 0. The van der Waals surface area contributed by atoms with Gasteiger partial charge < -0.3 is 9.15 Å². The average Bonchev–Trinajstić information content (AvgIpc) is 3.02. The van der Waals surface area contributed by atoms with E-state index in [0.717, 1.165) is 41.7 Å². The second-order valence-corrected chi connectivity index (χ2v) is 7.37. The molecule has 0 unspecified atom stereocenters. The molecule has 0 fully saturated rings. The summed E-state index contributed by atoms with van der Waals surface area (Å²) in [5.74, 6) is 1.71. The van der Waals surface area contributed by atoms with Crippen molar-refractivity contribution in [2.45, 2.75) is 52.4 Å². The fourth-order valence-corrected chi connectivity index (χ4v) is 2.86. The third kappa shape index (κ3) is 3.48. The van der Waals surface area contributed by atoms with E-state index in [1.165, 1.54) is 11.1 Å². The van der Waals surface area contributed by atoms with Crippen LogP contribution in [0.2, 0.25) is 0 Å². The minimum Gasteiger partial charge on any atom is -0.460 e. The van der Waals surface area contributed by atoms with Crippen LogP contribution in [0, 0.1) is 0 Å². The van der Waals surface area contributed by atoms with Crippen LogP contribution in [0.15, 0.2) is 53.1 Å². The fraction of sp³-hybridized carbons (Fsp3) is 0.364. The zero-order chi connectivity index (χ0) is 17.2. The van der Waals surface area contributed by atoms with Gasteiger partial charge in [-0.05, 0) is 47.6 Å². The van der Waals surface area contributed by atoms with Crippen molar-refractivity contribution >= 4 is 11.0 Å². The van der Waals surface area contributed by atoms with Crippen LogP contribution in [0.25, 0.3) is 11.0 Å².